The fourth-order valence-corrected chi connectivity index (χ4v) is 10.7. The molecule has 0 unspecified atom stereocenters. The molecule has 0 spiro atoms. The Hall–Kier alpha value is -8.02. The summed E-state index contributed by atoms with van der Waals surface area (Å²) in [6.07, 6.45) is 5.28. The molecule has 0 saturated heterocycles. The van der Waals surface area contributed by atoms with Gasteiger partial charge in [0, 0.05) is 45.8 Å². The molecule has 0 radical (unpaired) electrons. The predicted molar refractivity (Wildman–Crippen MR) is 314 cm³/mol. The number of hydrogen-bond acceptors (Lipinski definition) is 2. The third-order valence-corrected chi connectivity index (χ3v) is 14.8. The summed E-state index contributed by atoms with van der Waals surface area (Å²) in [6.45, 7) is 25.5. The molecule has 0 saturated carbocycles. The van der Waals surface area contributed by atoms with E-state index in [1.54, 1.807) is 0 Å². The molecule has 0 aliphatic carbocycles. The van der Waals surface area contributed by atoms with Crippen molar-refractivity contribution in [2.24, 2.45) is 5.92 Å². The number of nitrogens with zero attached hydrogens (tertiary/aromatic N) is 4. The molecule has 0 aliphatic heterocycles. The average Bonchev–Trinajstić information content (AvgIpc) is 3.94. The first-order chi connectivity index (χ1) is 35.9. The number of rotatable bonds is 10. The topological polar surface area (TPSA) is 35.9 Å². The van der Waals surface area contributed by atoms with Crippen molar-refractivity contribution >= 4 is 32.8 Å². The molecule has 75 heavy (non-hydrogen) atoms. The van der Waals surface area contributed by atoms with Gasteiger partial charge in [-0.15, -0.1) is 0 Å². The van der Waals surface area contributed by atoms with Gasteiger partial charge >= 0.3 is 0 Å². The van der Waals surface area contributed by atoms with Gasteiger partial charge in [-0.2, -0.15) is 9.13 Å². The Morgan fingerprint density at radius 2 is 1.04 bits per heavy atom. The summed E-state index contributed by atoms with van der Waals surface area (Å²) in [5, 5.41) is 2.33. The van der Waals surface area contributed by atoms with Crippen molar-refractivity contribution in [1.82, 2.24) is 14.1 Å². The molecule has 374 valence electrons. The van der Waals surface area contributed by atoms with Gasteiger partial charge in [-0.25, -0.2) is 4.98 Å². The number of pyridine rings is 1. The number of para-hydroxylation sites is 3. The Morgan fingerprint density at radius 3 is 1.69 bits per heavy atom. The Morgan fingerprint density at radius 1 is 0.480 bits per heavy atom. The van der Waals surface area contributed by atoms with Crippen LogP contribution in [0.3, 0.4) is 0 Å². The van der Waals surface area contributed by atoms with Crippen molar-refractivity contribution in [2.45, 2.75) is 98.8 Å². The first-order valence-corrected chi connectivity index (χ1v) is 26.7. The number of aromatic nitrogens is 4. The third kappa shape index (κ3) is 9.57. The highest BCUT2D eigenvalue weighted by Crippen LogP contribution is 2.43. The van der Waals surface area contributed by atoms with E-state index >= 15 is 0 Å². The highest BCUT2D eigenvalue weighted by atomic mass is 16.5. The van der Waals surface area contributed by atoms with Crippen LogP contribution < -0.4 is 9.30 Å². The summed E-state index contributed by atoms with van der Waals surface area (Å²) in [5.41, 5.74) is 18.7. The van der Waals surface area contributed by atoms with Crippen LogP contribution in [0.5, 0.6) is 11.5 Å². The molecule has 0 amide bonds. The smallest absolute Gasteiger partial charge is 0.255 e. The first-order valence-electron chi connectivity index (χ1n) is 26.7. The molecule has 0 aliphatic rings. The molecule has 11 aromatic rings. The van der Waals surface area contributed by atoms with Crippen molar-refractivity contribution in [1.29, 1.82) is 0 Å². The summed E-state index contributed by atoms with van der Waals surface area (Å²) in [5.74, 6) is 2.88. The van der Waals surface area contributed by atoms with E-state index in [2.05, 4.69) is 290 Å². The highest BCUT2D eigenvalue weighted by molar-refractivity contribution is 6.09. The van der Waals surface area contributed by atoms with Crippen molar-refractivity contribution in [3.63, 3.8) is 0 Å². The number of ether oxygens (including phenoxy) is 1. The number of imidazole rings is 1. The van der Waals surface area contributed by atoms with Gasteiger partial charge < -0.3 is 4.74 Å². The standard InChI is InChI=1S/C70H69N4O/c1-46(2)35-49-38-66(71-44-61(49)48-25-16-13-17-26-48)74-62-30-19-18-29-57(62)58-34-33-56(43-65(58)74)75-55-28-22-27-54(42-55)72-45-73(64-32-21-20-31-63(64)72)67-59(47-23-14-12-15-24-47)40-53(70(9,10)11)41-60(67)50-36-51(68(3,4)5)39-52(37-50)69(6,7)8/h12-34,36-46H,35H2,1-11H3/q+1. The fourth-order valence-electron chi connectivity index (χ4n) is 10.7. The summed E-state index contributed by atoms with van der Waals surface area (Å²) in [7, 11) is 0. The lowest BCUT2D eigenvalue weighted by Gasteiger charge is -2.28. The van der Waals surface area contributed by atoms with Crippen LogP contribution in [0.4, 0.5) is 0 Å². The zero-order valence-corrected chi connectivity index (χ0v) is 45.5. The molecule has 5 heteroatoms. The van der Waals surface area contributed by atoms with Crippen LogP contribution in [0, 0.1) is 5.92 Å². The van der Waals surface area contributed by atoms with Gasteiger partial charge in [-0.1, -0.05) is 191 Å². The van der Waals surface area contributed by atoms with E-state index in [1.807, 2.05) is 0 Å². The van der Waals surface area contributed by atoms with Crippen LogP contribution in [0.2, 0.25) is 0 Å². The van der Waals surface area contributed by atoms with Gasteiger partial charge in [-0.3, -0.25) is 4.57 Å². The van der Waals surface area contributed by atoms with Crippen LogP contribution in [0.25, 0.3) is 83.4 Å². The predicted octanol–water partition coefficient (Wildman–Crippen LogP) is 18.3. The second-order valence-electron chi connectivity index (χ2n) is 24.0. The fraction of sp³-hybridized carbons (Fsp3) is 0.229. The average molecular weight is 982 g/mol. The molecule has 3 heterocycles. The van der Waals surface area contributed by atoms with Crippen molar-refractivity contribution in [3.8, 4) is 62.1 Å². The van der Waals surface area contributed by atoms with E-state index in [1.165, 1.54) is 61.0 Å². The molecule has 3 aromatic heterocycles. The van der Waals surface area contributed by atoms with Crippen LogP contribution in [0.15, 0.2) is 201 Å². The Kier molecular flexibility index (Phi) is 12.5. The maximum Gasteiger partial charge on any atom is 0.255 e. The Bertz CT molecular complexity index is 3880. The molecule has 11 rings (SSSR count). The molecular weight excluding hydrogens is 913 g/mol. The molecule has 0 bridgehead atoms. The molecule has 8 aromatic carbocycles. The summed E-state index contributed by atoms with van der Waals surface area (Å²) in [4.78, 5) is 5.18. The zero-order chi connectivity index (χ0) is 52.4. The lowest BCUT2D eigenvalue weighted by atomic mass is 9.77. The van der Waals surface area contributed by atoms with Gasteiger partial charge in [0.1, 0.15) is 28.7 Å². The largest absolute Gasteiger partial charge is 0.457 e. The number of fused-ring (bicyclic) bond motifs is 4. The second kappa shape index (κ2) is 19.0. The van der Waals surface area contributed by atoms with E-state index < -0.39 is 0 Å². The van der Waals surface area contributed by atoms with E-state index in [9.17, 15) is 0 Å². The van der Waals surface area contributed by atoms with E-state index in [-0.39, 0.29) is 16.2 Å². The second-order valence-corrected chi connectivity index (χ2v) is 24.0. The van der Waals surface area contributed by atoms with Crippen LogP contribution in [-0.4, -0.2) is 14.1 Å². The minimum absolute atomic E-state index is 0.0515. The molecule has 0 fully saturated rings. The van der Waals surface area contributed by atoms with E-state index in [4.69, 9.17) is 9.72 Å². The number of benzene rings is 8. The van der Waals surface area contributed by atoms with Crippen LogP contribution in [-0.2, 0) is 22.7 Å². The monoisotopic (exact) mass is 982 g/mol. The SMILES string of the molecule is CC(C)Cc1cc(-n2c3ccccc3c3ccc(Oc4cccc(-n5c[n+](-c6c(-c7ccccc7)cc(C(C)(C)C)cc6-c6cc(C(C)(C)C)cc(C(C)(C)C)c6)c6ccccc65)c4)cc32)ncc1-c1ccccc1. The molecular formula is C70H69N4O+. The van der Waals surface area contributed by atoms with Gasteiger partial charge in [0.2, 0.25) is 0 Å². The lowest BCUT2D eigenvalue weighted by molar-refractivity contribution is -0.566. The Labute approximate surface area is 443 Å². The van der Waals surface area contributed by atoms with Gasteiger partial charge in [0.25, 0.3) is 6.33 Å². The van der Waals surface area contributed by atoms with Crippen molar-refractivity contribution in [3.05, 3.63) is 223 Å². The van der Waals surface area contributed by atoms with Crippen molar-refractivity contribution < 1.29 is 9.30 Å². The maximum absolute atomic E-state index is 6.91. The van der Waals surface area contributed by atoms with Gasteiger partial charge in [0.15, 0.2) is 11.0 Å². The summed E-state index contributed by atoms with van der Waals surface area (Å²) < 4.78 is 13.9. The van der Waals surface area contributed by atoms with E-state index in [0.717, 1.165) is 62.6 Å². The number of hydrogen-bond donors (Lipinski definition) is 0. The Balaban J connectivity index is 1.05. The normalized spacial score (nSPS) is 12.4. The minimum Gasteiger partial charge on any atom is -0.457 e. The molecule has 0 atom stereocenters. The van der Waals surface area contributed by atoms with E-state index in [0.29, 0.717) is 5.92 Å². The van der Waals surface area contributed by atoms with Crippen LogP contribution >= 0.6 is 0 Å². The van der Waals surface area contributed by atoms with Gasteiger partial charge in [-0.05, 0) is 128 Å². The highest BCUT2D eigenvalue weighted by Gasteiger charge is 2.30. The van der Waals surface area contributed by atoms with Crippen LogP contribution in [0.1, 0.15) is 98.4 Å². The summed E-state index contributed by atoms with van der Waals surface area (Å²) in [6, 6.07) is 68.3. The molecule has 0 N–H and O–H groups in total. The van der Waals surface area contributed by atoms with Gasteiger partial charge in [0.05, 0.1) is 11.0 Å². The third-order valence-electron chi connectivity index (χ3n) is 14.8. The lowest BCUT2D eigenvalue weighted by Crippen LogP contribution is -2.31. The zero-order valence-electron chi connectivity index (χ0n) is 45.5. The van der Waals surface area contributed by atoms with Crippen molar-refractivity contribution in [2.75, 3.05) is 0 Å². The first kappa shape index (κ1) is 49.2. The summed E-state index contributed by atoms with van der Waals surface area (Å²) >= 11 is 0. The minimum atomic E-state index is -0.104. The molecule has 5 nitrogen and oxygen atoms in total. The maximum atomic E-state index is 6.91. The quantitative estimate of drug-likeness (QED) is 0.128.